The molecule has 0 saturated carbocycles. The van der Waals surface area contributed by atoms with Gasteiger partial charge in [-0.2, -0.15) is 0 Å². The SMILES string of the molecule is COC(=O)NC1CCN(c2ncccc2C(C)=O)C1. The Kier molecular flexibility index (Phi) is 3.99. The van der Waals surface area contributed by atoms with Crippen LogP contribution in [0.5, 0.6) is 0 Å². The molecule has 0 aromatic carbocycles. The van der Waals surface area contributed by atoms with Gasteiger partial charge in [0.25, 0.3) is 0 Å². The lowest BCUT2D eigenvalue weighted by atomic mass is 10.2. The summed E-state index contributed by atoms with van der Waals surface area (Å²) in [5.74, 6) is 0.677. The maximum atomic E-state index is 11.6. The summed E-state index contributed by atoms with van der Waals surface area (Å²) in [5, 5.41) is 2.76. The number of alkyl carbamates (subject to hydrolysis) is 1. The molecule has 1 aromatic heterocycles. The average molecular weight is 263 g/mol. The molecule has 1 atom stereocenters. The van der Waals surface area contributed by atoms with Crippen LogP contribution in [0.25, 0.3) is 0 Å². The number of rotatable bonds is 3. The fraction of sp³-hybridized carbons (Fsp3) is 0.462. The van der Waals surface area contributed by atoms with Crippen molar-refractivity contribution < 1.29 is 14.3 Å². The van der Waals surface area contributed by atoms with Gasteiger partial charge >= 0.3 is 6.09 Å². The molecule has 6 heteroatoms. The van der Waals surface area contributed by atoms with E-state index < -0.39 is 6.09 Å². The molecule has 6 nitrogen and oxygen atoms in total. The average Bonchev–Trinajstić information content (AvgIpc) is 2.86. The zero-order valence-electron chi connectivity index (χ0n) is 11.0. The third kappa shape index (κ3) is 3.01. The number of amides is 1. The first-order chi connectivity index (χ1) is 9.11. The van der Waals surface area contributed by atoms with Gasteiger partial charge in [0.2, 0.25) is 0 Å². The minimum atomic E-state index is -0.431. The van der Waals surface area contributed by atoms with Crippen molar-refractivity contribution >= 4 is 17.7 Å². The first-order valence-electron chi connectivity index (χ1n) is 6.17. The summed E-state index contributed by atoms with van der Waals surface area (Å²) in [4.78, 5) is 29.0. The Balaban J connectivity index is 2.09. The highest BCUT2D eigenvalue weighted by Crippen LogP contribution is 2.22. The van der Waals surface area contributed by atoms with Crippen LogP contribution in [0.4, 0.5) is 10.6 Å². The summed E-state index contributed by atoms with van der Waals surface area (Å²) in [7, 11) is 1.34. The number of nitrogens with zero attached hydrogens (tertiary/aromatic N) is 2. The van der Waals surface area contributed by atoms with Crippen molar-refractivity contribution in [2.45, 2.75) is 19.4 Å². The molecule has 19 heavy (non-hydrogen) atoms. The molecule has 0 spiro atoms. The molecule has 1 aliphatic rings. The number of methoxy groups -OCH3 is 1. The van der Waals surface area contributed by atoms with Crippen molar-refractivity contribution in [3.05, 3.63) is 23.9 Å². The summed E-state index contributed by atoms with van der Waals surface area (Å²) in [6.45, 7) is 2.92. The first kappa shape index (κ1) is 13.3. The number of hydrogen-bond donors (Lipinski definition) is 1. The number of ether oxygens (including phenoxy) is 1. The Morgan fingerprint density at radius 2 is 2.32 bits per heavy atom. The van der Waals surface area contributed by atoms with Gasteiger partial charge in [-0.15, -0.1) is 0 Å². The number of nitrogens with one attached hydrogen (secondary N) is 1. The number of ketones is 1. The number of carbonyl (C=O) groups excluding carboxylic acids is 2. The summed E-state index contributed by atoms with van der Waals surface area (Å²) < 4.78 is 4.58. The van der Waals surface area contributed by atoms with Crippen LogP contribution in [0.3, 0.4) is 0 Å². The smallest absolute Gasteiger partial charge is 0.407 e. The molecule has 2 rings (SSSR count). The van der Waals surface area contributed by atoms with E-state index in [2.05, 4.69) is 15.0 Å². The van der Waals surface area contributed by atoms with Gasteiger partial charge in [0.15, 0.2) is 5.78 Å². The molecular formula is C13H17N3O3. The van der Waals surface area contributed by atoms with Crippen LogP contribution in [0.1, 0.15) is 23.7 Å². The summed E-state index contributed by atoms with van der Waals surface area (Å²) in [5.41, 5.74) is 0.612. The van der Waals surface area contributed by atoms with Crippen molar-refractivity contribution in [2.24, 2.45) is 0 Å². The lowest BCUT2D eigenvalue weighted by Crippen LogP contribution is -2.37. The molecule has 1 unspecified atom stereocenters. The minimum Gasteiger partial charge on any atom is -0.453 e. The number of Topliss-reactive ketones (excluding diaryl/α,β-unsaturated/α-hetero) is 1. The van der Waals surface area contributed by atoms with E-state index in [0.717, 1.165) is 13.0 Å². The van der Waals surface area contributed by atoms with Crippen molar-refractivity contribution in [3.63, 3.8) is 0 Å². The number of aromatic nitrogens is 1. The molecule has 1 aromatic rings. The van der Waals surface area contributed by atoms with E-state index in [1.807, 2.05) is 4.90 Å². The van der Waals surface area contributed by atoms with Gasteiger partial charge in [-0.1, -0.05) is 0 Å². The molecular weight excluding hydrogens is 246 g/mol. The normalized spacial score (nSPS) is 18.2. The fourth-order valence-corrected chi connectivity index (χ4v) is 2.22. The molecule has 0 radical (unpaired) electrons. The van der Waals surface area contributed by atoms with Gasteiger partial charge in [-0.25, -0.2) is 9.78 Å². The van der Waals surface area contributed by atoms with Gasteiger partial charge in [-0.3, -0.25) is 4.79 Å². The summed E-state index contributed by atoms with van der Waals surface area (Å²) >= 11 is 0. The monoisotopic (exact) mass is 263 g/mol. The molecule has 0 bridgehead atoms. The number of pyridine rings is 1. The third-order valence-electron chi connectivity index (χ3n) is 3.16. The molecule has 1 fully saturated rings. The maximum Gasteiger partial charge on any atom is 0.407 e. The van der Waals surface area contributed by atoms with Gasteiger partial charge < -0.3 is 15.0 Å². The van der Waals surface area contributed by atoms with Gasteiger partial charge in [-0.05, 0) is 25.5 Å². The van der Waals surface area contributed by atoms with Crippen LogP contribution in [0.15, 0.2) is 18.3 Å². The highest BCUT2D eigenvalue weighted by molar-refractivity contribution is 5.98. The zero-order valence-corrected chi connectivity index (χ0v) is 11.0. The summed E-state index contributed by atoms with van der Waals surface area (Å²) in [6.07, 6.45) is 2.05. The van der Waals surface area contributed by atoms with Crippen molar-refractivity contribution in [1.29, 1.82) is 0 Å². The highest BCUT2D eigenvalue weighted by atomic mass is 16.5. The molecule has 102 valence electrons. The predicted octanol–water partition coefficient (Wildman–Crippen LogP) is 1.22. The van der Waals surface area contributed by atoms with E-state index in [1.54, 1.807) is 18.3 Å². The Labute approximate surface area is 111 Å². The summed E-state index contributed by atoms with van der Waals surface area (Å²) in [6, 6.07) is 3.54. The Morgan fingerprint density at radius 3 is 3.00 bits per heavy atom. The van der Waals surface area contributed by atoms with E-state index in [9.17, 15) is 9.59 Å². The zero-order chi connectivity index (χ0) is 13.8. The maximum absolute atomic E-state index is 11.6. The van der Waals surface area contributed by atoms with Crippen LogP contribution in [-0.4, -0.2) is 43.1 Å². The lowest BCUT2D eigenvalue weighted by molar-refractivity contribution is 0.101. The molecule has 1 saturated heterocycles. The van der Waals surface area contributed by atoms with Gasteiger partial charge in [0.05, 0.1) is 18.7 Å². The molecule has 0 aliphatic carbocycles. The molecule has 2 heterocycles. The number of hydrogen-bond acceptors (Lipinski definition) is 5. The van der Waals surface area contributed by atoms with Gasteiger partial charge in [0.1, 0.15) is 5.82 Å². The Hall–Kier alpha value is -2.11. The minimum absolute atomic E-state index is 0.00697. The third-order valence-corrected chi connectivity index (χ3v) is 3.16. The second-order valence-corrected chi connectivity index (χ2v) is 4.50. The lowest BCUT2D eigenvalue weighted by Gasteiger charge is -2.19. The van der Waals surface area contributed by atoms with Crippen molar-refractivity contribution in [3.8, 4) is 0 Å². The molecule has 1 N–H and O–H groups in total. The van der Waals surface area contributed by atoms with E-state index >= 15 is 0 Å². The highest BCUT2D eigenvalue weighted by Gasteiger charge is 2.27. The van der Waals surface area contributed by atoms with Crippen LogP contribution < -0.4 is 10.2 Å². The van der Waals surface area contributed by atoms with Gasteiger partial charge in [0, 0.05) is 19.3 Å². The van der Waals surface area contributed by atoms with E-state index in [-0.39, 0.29) is 11.8 Å². The van der Waals surface area contributed by atoms with E-state index in [0.29, 0.717) is 17.9 Å². The molecule has 1 amide bonds. The topological polar surface area (TPSA) is 71.5 Å². The largest absolute Gasteiger partial charge is 0.453 e. The standard InChI is InChI=1S/C13H17N3O3/c1-9(17)11-4-3-6-14-12(11)16-7-5-10(8-16)15-13(18)19-2/h3-4,6,10H,5,7-8H2,1-2H3,(H,15,18). The Bertz CT molecular complexity index is 490. The number of carbonyl (C=O) groups is 2. The fourth-order valence-electron chi connectivity index (χ4n) is 2.22. The molecule has 1 aliphatic heterocycles. The van der Waals surface area contributed by atoms with Crippen LogP contribution in [0.2, 0.25) is 0 Å². The Morgan fingerprint density at radius 1 is 1.53 bits per heavy atom. The second-order valence-electron chi connectivity index (χ2n) is 4.50. The van der Waals surface area contributed by atoms with Crippen molar-refractivity contribution in [1.82, 2.24) is 10.3 Å². The second kappa shape index (κ2) is 5.69. The number of anilines is 1. The van der Waals surface area contributed by atoms with Crippen LogP contribution >= 0.6 is 0 Å². The van der Waals surface area contributed by atoms with E-state index in [4.69, 9.17) is 0 Å². The van der Waals surface area contributed by atoms with Crippen LogP contribution in [0, 0.1) is 0 Å². The van der Waals surface area contributed by atoms with Crippen LogP contribution in [-0.2, 0) is 4.74 Å². The van der Waals surface area contributed by atoms with E-state index in [1.165, 1.54) is 14.0 Å². The quantitative estimate of drug-likeness (QED) is 0.830. The first-order valence-corrected chi connectivity index (χ1v) is 6.17. The predicted molar refractivity (Wildman–Crippen MR) is 70.4 cm³/mol. The van der Waals surface area contributed by atoms with Crippen molar-refractivity contribution in [2.75, 3.05) is 25.1 Å².